The monoisotopic (exact) mass is 153 g/mol. The van der Waals surface area contributed by atoms with Crippen molar-refractivity contribution in [3.8, 4) is 0 Å². The molecular formula is C10H19N. The Morgan fingerprint density at radius 1 is 1.00 bits per heavy atom. The van der Waals surface area contributed by atoms with E-state index in [0.717, 1.165) is 12.1 Å². The van der Waals surface area contributed by atoms with Crippen molar-refractivity contribution < 1.29 is 0 Å². The van der Waals surface area contributed by atoms with Crippen LogP contribution in [-0.2, 0) is 0 Å². The lowest BCUT2D eigenvalue weighted by Gasteiger charge is -2.25. The Morgan fingerprint density at radius 2 is 1.91 bits per heavy atom. The van der Waals surface area contributed by atoms with Crippen molar-refractivity contribution >= 4 is 0 Å². The van der Waals surface area contributed by atoms with Gasteiger partial charge in [-0.3, -0.25) is 4.90 Å². The first-order chi connectivity index (χ1) is 5.38. The minimum atomic E-state index is 0.887. The van der Waals surface area contributed by atoms with Crippen molar-refractivity contribution in [1.29, 1.82) is 0 Å². The van der Waals surface area contributed by atoms with E-state index in [4.69, 9.17) is 0 Å². The lowest BCUT2D eigenvalue weighted by atomic mass is 10.1. The van der Waals surface area contributed by atoms with E-state index in [1.54, 1.807) is 0 Å². The maximum absolute atomic E-state index is 2.74. The van der Waals surface area contributed by atoms with Crippen LogP contribution < -0.4 is 0 Å². The summed E-state index contributed by atoms with van der Waals surface area (Å²) in [5.74, 6) is 0. The van der Waals surface area contributed by atoms with E-state index in [-0.39, 0.29) is 0 Å². The van der Waals surface area contributed by atoms with Crippen molar-refractivity contribution in [1.82, 2.24) is 4.90 Å². The summed E-state index contributed by atoms with van der Waals surface area (Å²) < 4.78 is 0. The zero-order valence-corrected chi connectivity index (χ0v) is 7.55. The molecule has 0 aromatic heterocycles. The highest BCUT2D eigenvalue weighted by Gasteiger charge is 2.30. The van der Waals surface area contributed by atoms with Gasteiger partial charge in [-0.25, -0.2) is 0 Å². The van der Waals surface area contributed by atoms with E-state index in [1.165, 1.54) is 45.1 Å². The second-order valence-corrected chi connectivity index (χ2v) is 4.17. The highest BCUT2D eigenvalue weighted by molar-refractivity contribution is 4.86. The van der Waals surface area contributed by atoms with Crippen LogP contribution in [0.15, 0.2) is 0 Å². The van der Waals surface area contributed by atoms with Gasteiger partial charge in [-0.2, -0.15) is 0 Å². The van der Waals surface area contributed by atoms with Gasteiger partial charge in [-0.1, -0.05) is 12.8 Å². The van der Waals surface area contributed by atoms with Gasteiger partial charge in [-0.05, 0) is 39.2 Å². The van der Waals surface area contributed by atoms with E-state index in [2.05, 4.69) is 11.8 Å². The average Bonchev–Trinajstić information content (AvgIpc) is 2.25. The molecule has 0 radical (unpaired) electrons. The number of rotatable bonds is 0. The normalized spacial score (nSPS) is 40.1. The minimum absolute atomic E-state index is 0.887. The SMILES string of the molecule is CC1CCC2CCCCCN12. The summed E-state index contributed by atoms with van der Waals surface area (Å²) >= 11 is 0. The average molecular weight is 153 g/mol. The summed E-state index contributed by atoms with van der Waals surface area (Å²) in [6, 6.07) is 1.85. The molecule has 0 aliphatic carbocycles. The fourth-order valence-electron chi connectivity index (χ4n) is 2.69. The van der Waals surface area contributed by atoms with Gasteiger partial charge in [0.1, 0.15) is 0 Å². The lowest BCUT2D eigenvalue weighted by molar-refractivity contribution is 0.208. The molecule has 2 fully saturated rings. The molecule has 2 atom stereocenters. The van der Waals surface area contributed by atoms with Crippen LogP contribution in [0.2, 0.25) is 0 Å². The fourth-order valence-corrected chi connectivity index (χ4v) is 2.69. The summed E-state index contributed by atoms with van der Waals surface area (Å²) in [6.07, 6.45) is 8.80. The zero-order chi connectivity index (χ0) is 7.68. The maximum Gasteiger partial charge on any atom is 0.00986 e. The highest BCUT2D eigenvalue weighted by Crippen LogP contribution is 2.30. The molecule has 0 amide bonds. The quantitative estimate of drug-likeness (QED) is 0.516. The number of fused-ring (bicyclic) bond motifs is 1. The zero-order valence-electron chi connectivity index (χ0n) is 7.55. The van der Waals surface area contributed by atoms with Gasteiger partial charge in [-0.15, -0.1) is 0 Å². The Balaban J connectivity index is 2.00. The van der Waals surface area contributed by atoms with Crippen LogP contribution in [0, 0.1) is 0 Å². The predicted octanol–water partition coefficient (Wildman–Crippen LogP) is 2.41. The van der Waals surface area contributed by atoms with Gasteiger partial charge in [0, 0.05) is 12.1 Å². The van der Waals surface area contributed by atoms with Gasteiger partial charge in [0.25, 0.3) is 0 Å². The molecule has 11 heavy (non-hydrogen) atoms. The summed E-state index contributed by atoms with van der Waals surface area (Å²) in [6.45, 7) is 3.77. The standard InChI is InChI=1S/C10H19N/c1-9-6-7-10-5-3-2-4-8-11(9)10/h9-10H,2-8H2,1H3. The van der Waals surface area contributed by atoms with Crippen molar-refractivity contribution in [2.45, 2.75) is 57.5 Å². The molecule has 1 heteroatoms. The topological polar surface area (TPSA) is 3.24 Å². The van der Waals surface area contributed by atoms with E-state index >= 15 is 0 Å². The van der Waals surface area contributed by atoms with Crippen LogP contribution in [0.4, 0.5) is 0 Å². The minimum Gasteiger partial charge on any atom is -0.298 e. The molecule has 2 rings (SSSR count). The summed E-state index contributed by atoms with van der Waals surface area (Å²) in [4.78, 5) is 2.74. The molecule has 2 aliphatic rings. The second-order valence-electron chi connectivity index (χ2n) is 4.17. The smallest absolute Gasteiger partial charge is 0.00986 e. The van der Waals surface area contributed by atoms with E-state index in [0.29, 0.717) is 0 Å². The first-order valence-electron chi connectivity index (χ1n) is 5.13. The molecule has 0 spiro atoms. The summed E-state index contributed by atoms with van der Waals surface area (Å²) in [5, 5.41) is 0. The Kier molecular flexibility index (Phi) is 2.17. The Bertz CT molecular complexity index is 133. The van der Waals surface area contributed by atoms with Crippen LogP contribution in [-0.4, -0.2) is 23.5 Å². The molecule has 0 aromatic rings. The Hall–Kier alpha value is -0.0400. The van der Waals surface area contributed by atoms with Crippen molar-refractivity contribution in [2.75, 3.05) is 6.54 Å². The Morgan fingerprint density at radius 3 is 2.82 bits per heavy atom. The lowest BCUT2D eigenvalue weighted by Crippen LogP contribution is -2.33. The molecule has 2 aliphatic heterocycles. The van der Waals surface area contributed by atoms with Crippen molar-refractivity contribution in [2.24, 2.45) is 0 Å². The van der Waals surface area contributed by atoms with Crippen LogP contribution in [0.1, 0.15) is 45.4 Å². The second kappa shape index (κ2) is 3.14. The molecule has 0 N–H and O–H groups in total. The van der Waals surface area contributed by atoms with E-state index < -0.39 is 0 Å². The van der Waals surface area contributed by atoms with Crippen LogP contribution in [0.3, 0.4) is 0 Å². The van der Waals surface area contributed by atoms with Crippen LogP contribution >= 0.6 is 0 Å². The third kappa shape index (κ3) is 1.44. The molecule has 2 heterocycles. The first kappa shape index (κ1) is 7.60. The first-order valence-corrected chi connectivity index (χ1v) is 5.13. The van der Waals surface area contributed by atoms with Crippen molar-refractivity contribution in [3.05, 3.63) is 0 Å². The maximum atomic E-state index is 2.74. The van der Waals surface area contributed by atoms with Gasteiger partial charge >= 0.3 is 0 Å². The third-order valence-electron chi connectivity index (χ3n) is 3.41. The predicted molar refractivity (Wildman–Crippen MR) is 47.7 cm³/mol. The van der Waals surface area contributed by atoms with Crippen LogP contribution in [0.25, 0.3) is 0 Å². The molecule has 0 aromatic carbocycles. The third-order valence-corrected chi connectivity index (χ3v) is 3.41. The number of nitrogens with zero attached hydrogens (tertiary/aromatic N) is 1. The number of hydrogen-bond acceptors (Lipinski definition) is 1. The largest absolute Gasteiger partial charge is 0.298 e. The van der Waals surface area contributed by atoms with Gasteiger partial charge < -0.3 is 0 Å². The van der Waals surface area contributed by atoms with Gasteiger partial charge in [0.05, 0.1) is 0 Å². The summed E-state index contributed by atoms with van der Waals surface area (Å²) in [5.41, 5.74) is 0. The van der Waals surface area contributed by atoms with Gasteiger partial charge in [0.2, 0.25) is 0 Å². The molecule has 2 saturated heterocycles. The molecule has 0 saturated carbocycles. The van der Waals surface area contributed by atoms with E-state index in [1.807, 2.05) is 0 Å². The molecule has 64 valence electrons. The highest BCUT2D eigenvalue weighted by atomic mass is 15.2. The fraction of sp³-hybridized carbons (Fsp3) is 1.00. The summed E-state index contributed by atoms with van der Waals surface area (Å²) in [7, 11) is 0. The molecule has 1 nitrogen and oxygen atoms in total. The molecular weight excluding hydrogens is 134 g/mol. The molecule has 2 unspecified atom stereocenters. The van der Waals surface area contributed by atoms with Gasteiger partial charge in [0.15, 0.2) is 0 Å². The Labute approximate surface area is 69.8 Å². The number of hydrogen-bond donors (Lipinski definition) is 0. The molecule has 0 bridgehead atoms. The van der Waals surface area contributed by atoms with Crippen LogP contribution in [0.5, 0.6) is 0 Å². The van der Waals surface area contributed by atoms with Crippen molar-refractivity contribution in [3.63, 3.8) is 0 Å². The van der Waals surface area contributed by atoms with E-state index in [9.17, 15) is 0 Å².